The first-order valence-electron chi connectivity index (χ1n) is 9.34. The molecule has 1 amide bonds. The van der Waals surface area contributed by atoms with Gasteiger partial charge in [0.2, 0.25) is 5.91 Å². The Labute approximate surface area is 174 Å². The number of carbonyl (C=O) groups excluding carboxylic acids is 1. The Bertz CT molecular complexity index is 957. The second-order valence-corrected chi connectivity index (χ2v) is 9.51. The van der Waals surface area contributed by atoms with Crippen LogP contribution >= 0.6 is 23.1 Å². The summed E-state index contributed by atoms with van der Waals surface area (Å²) in [5, 5.41) is 9.63. The summed E-state index contributed by atoms with van der Waals surface area (Å²) in [5.41, 5.74) is 4.86. The third-order valence-electron chi connectivity index (χ3n) is 4.35. The van der Waals surface area contributed by atoms with Gasteiger partial charge in [0.25, 0.3) is 0 Å². The van der Waals surface area contributed by atoms with Gasteiger partial charge in [0.1, 0.15) is 0 Å². The molecule has 0 radical (unpaired) electrons. The fourth-order valence-electron chi connectivity index (χ4n) is 2.97. The molecule has 2 heterocycles. The van der Waals surface area contributed by atoms with Crippen molar-refractivity contribution in [2.75, 3.05) is 5.32 Å². The lowest BCUT2D eigenvalue weighted by Gasteiger charge is -2.09. The number of carbonyl (C=O) groups is 1. The number of aryl methyl sites for hydroxylation is 2. The number of hydrogen-bond acceptors (Lipinski definition) is 5. The van der Waals surface area contributed by atoms with Crippen LogP contribution in [0.4, 0.5) is 5.69 Å². The SMILES string of the molecule is Cc1csc(Sc2ccc(NC(=O)Cc3c(C)nn(CC(C)C)c3C)cc2)n1. The number of hydrogen-bond donors (Lipinski definition) is 1. The van der Waals surface area contributed by atoms with Crippen molar-refractivity contribution in [2.45, 2.75) is 56.8 Å². The maximum atomic E-state index is 12.5. The molecule has 0 spiro atoms. The quantitative estimate of drug-likeness (QED) is 0.573. The average molecular weight is 415 g/mol. The number of rotatable bonds is 7. The highest BCUT2D eigenvalue weighted by molar-refractivity contribution is 8.01. The second kappa shape index (κ2) is 8.92. The Morgan fingerprint density at radius 2 is 1.93 bits per heavy atom. The molecule has 28 heavy (non-hydrogen) atoms. The van der Waals surface area contributed by atoms with Gasteiger partial charge in [-0.2, -0.15) is 5.10 Å². The summed E-state index contributed by atoms with van der Waals surface area (Å²) in [6, 6.07) is 7.88. The van der Waals surface area contributed by atoms with Crippen LogP contribution in [-0.2, 0) is 17.8 Å². The van der Waals surface area contributed by atoms with E-state index in [2.05, 4.69) is 29.2 Å². The minimum atomic E-state index is -0.0220. The predicted molar refractivity (Wildman–Crippen MR) is 116 cm³/mol. The molecule has 0 atom stereocenters. The third-order valence-corrected chi connectivity index (χ3v) is 6.41. The predicted octanol–water partition coefficient (Wildman–Crippen LogP) is 5.25. The van der Waals surface area contributed by atoms with Gasteiger partial charge < -0.3 is 5.32 Å². The van der Waals surface area contributed by atoms with E-state index in [0.29, 0.717) is 12.3 Å². The molecule has 3 rings (SSSR count). The number of aromatic nitrogens is 3. The van der Waals surface area contributed by atoms with Gasteiger partial charge in [-0.3, -0.25) is 9.48 Å². The van der Waals surface area contributed by atoms with Crippen LogP contribution in [0.25, 0.3) is 0 Å². The van der Waals surface area contributed by atoms with Gasteiger partial charge in [-0.25, -0.2) is 4.98 Å². The van der Waals surface area contributed by atoms with Crippen LogP contribution in [0.15, 0.2) is 38.9 Å². The molecule has 2 aromatic heterocycles. The number of anilines is 1. The van der Waals surface area contributed by atoms with Crippen molar-refractivity contribution in [1.82, 2.24) is 14.8 Å². The van der Waals surface area contributed by atoms with E-state index in [4.69, 9.17) is 0 Å². The summed E-state index contributed by atoms with van der Waals surface area (Å²) in [7, 11) is 0. The van der Waals surface area contributed by atoms with Gasteiger partial charge in [-0.05, 0) is 51.0 Å². The molecular formula is C21H26N4OS2. The molecule has 5 nitrogen and oxygen atoms in total. The van der Waals surface area contributed by atoms with Gasteiger partial charge in [0, 0.05) is 39.5 Å². The van der Waals surface area contributed by atoms with Crippen LogP contribution < -0.4 is 5.32 Å². The minimum Gasteiger partial charge on any atom is -0.326 e. The van der Waals surface area contributed by atoms with Gasteiger partial charge in [-0.15, -0.1) is 11.3 Å². The van der Waals surface area contributed by atoms with E-state index in [1.165, 1.54) is 0 Å². The Morgan fingerprint density at radius 1 is 1.21 bits per heavy atom. The highest BCUT2D eigenvalue weighted by Gasteiger charge is 2.15. The molecule has 0 aliphatic carbocycles. The standard InChI is InChI=1S/C21H26N4OS2/c1-13(2)11-25-16(5)19(15(4)24-25)10-20(26)23-17-6-8-18(9-7-17)28-21-22-14(3)12-27-21/h6-9,12-13H,10-11H2,1-5H3,(H,23,26). The Balaban J connectivity index is 1.61. The van der Waals surface area contributed by atoms with E-state index in [9.17, 15) is 4.79 Å². The maximum absolute atomic E-state index is 12.5. The minimum absolute atomic E-state index is 0.0220. The molecule has 3 aromatic rings. The summed E-state index contributed by atoms with van der Waals surface area (Å²) < 4.78 is 3.04. The van der Waals surface area contributed by atoms with E-state index in [-0.39, 0.29) is 5.91 Å². The summed E-state index contributed by atoms with van der Waals surface area (Å²) >= 11 is 3.28. The lowest BCUT2D eigenvalue weighted by molar-refractivity contribution is -0.115. The van der Waals surface area contributed by atoms with E-state index in [1.54, 1.807) is 23.1 Å². The van der Waals surface area contributed by atoms with Gasteiger partial charge >= 0.3 is 0 Å². The molecule has 0 fully saturated rings. The van der Waals surface area contributed by atoms with Crippen LogP contribution in [0.2, 0.25) is 0 Å². The van der Waals surface area contributed by atoms with Crippen molar-refractivity contribution in [1.29, 1.82) is 0 Å². The molecule has 0 aliphatic heterocycles. The van der Waals surface area contributed by atoms with Crippen molar-refractivity contribution in [3.8, 4) is 0 Å². The highest BCUT2D eigenvalue weighted by atomic mass is 32.2. The molecule has 148 valence electrons. The van der Waals surface area contributed by atoms with Crippen molar-refractivity contribution < 1.29 is 4.79 Å². The van der Waals surface area contributed by atoms with Crippen molar-refractivity contribution in [2.24, 2.45) is 5.92 Å². The first kappa shape index (κ1) is 20.6. The van der Waals surface area contributed by atoms with Crippen LogP contribution in [0.3, 0.4) is 0 Å². The summed E-state index contributed by atoms with van der Waals surface area (Å²) in [6.45, 7) is 11.2. The summed E-state index contributed by atoms with van der Waals surface area (Å²) in [4.78, 5) is 18.1. The fraction of sp³-hybridized carbons (Fsp3) is 0.381. The van der Waals surface area contributed by atoms with E-state index in [0.717, 1.165) is 44.1 Å². The Morgan fingerprint density at radius 3 is 2.54 bits per heavy atom. The van der Waals surface area contributed by atoms with Crippen molar-refractivity contribution >= 4 is 34.7 Å². The Hall–Kier alpha value is -2.12. The molecule has 0 bridgehead atoms. The van der Waals surface area contributed by atoms with Crippen LogP contribution in [0.5, 0.6) is 0 Å². The fourth-order valence-corrected chi connectivity index (χ4v) is 4.78. The lowest BCUT2D eigenvalue weighted by Crippen LogP contribution is -2.15. The topological polar surface area (TPSA) is 59.8 Å². The molecule has 7 heteroatoms. The maximum Gasteiger partial charge on any atom is 0.228 e. The monoisotopic (exact) mass is 414 g/mol. The van der Waals surface area contributed by atoms with Gasteiger partial charge in [0.05, 0.1) is 12.1 Å². The number of nitrogens with one attached hydrogen (secondary N) is 1. The zero-order valence-electron chi connectivity index (χ0n) is 16.9. The highest BCUT2D eigenvalue weighted by Crippen LogP contribution is 2.30. The van der Waals surface area contributed by atoms with Crippen molar-refractivity contribution in [3.05, 3.63) is 52.3 Å². The third kappa shape index (κ3) is 5.23. The summed E-state index contributed by atoms with van der Waals surface area (Å²) in [5.74, 6) is 0.496. The number of amides is 1. The van der Waals surface area contributed by atoms with Gasteiger partial charge in [-0.1, -0.05) is 25.6 Å². The Kier molecular flexibility index (Phi) is 6.57. The molecular weight excluding hydrogens is 388 g/mol. The van der Waals surface area contributed by atoms with E-state index < -0.39 is 0 Å². The molecule has 0 saturated carbocycles. The number of nitrogens with zero attached hydrogens (tertiary/aromatic N) is 3. The van der Waals surface area contributed by atoms with Crippen LogP contribution in [0, 0.1) is 26.7 Å². The normalized spacial score (nSPS) is 11.2. The average Bonchev–Trinajstić information content (AvgIpc) is 3.14. The van der Waals surface area contributed by atoms with Crippen molar-refractivity contribution in [3.63, 3.8) is 0 Å². The second-order valence-electron chi connectivity index (χ2n) is 7.33. The zero-order valence-corrected chi connectivity index (χ0v) is 18.6. The lowest BCUT2D eigenvalue weighted by atomic mass is 10.1. The van der Waals surface area contributed by atoms with E-state index in [1.807, 2.05) is 55.1 Å². The molecule has 0 unspecified atom stereocenters. The number of benzene rings is 1. The largest absolute Gasteiger partial charge is 0.326 e. The van der Waals surface area contributed by atoms with Gasteiger partial charge in [0.15, 0.2) is 4.34 Å². The molecule has 0 saturated heterocycles. The first-order valence-corrected chi connectivity index (χ1v) is 11.0. The molecule has 0 aliphatic rings. The zero-order chi connectivity index (χ0) is 20.3. The summed E-state index contributed by atoms with van der Waals surface area (Å²) in [6.07, 6.45) is 0.338. The molecule has 1 N–H and O–H groups in total. The van der Waals surface area contributed by atoms with E-state index >= 15 is 0 Å². The first-order chi connectivity index (χ1) is 13.3. The number of thiazole rings is 1. The van der Waals surface area contributed by atoms with Crippen LogP contribution in [-0.4, -0.2) is 20.7 Å². The van der Waals surface area contributed by atoms with Crippen LogP contribution in [0.1, 0.15) is 36.5 Å². The molecule has 1 aromatic carbocycles. The smallest absolute Gasteiger partial charge is 0.228 e.